The zero-order valence-corrected chi connectivity index (χ0v) is 13.5. The second-order valence-corrected chi connectivity index (χ2v) is 5.81. The summed E-state index contributed by atoms with van der Waals surface area (Å²) in [5.41, 5.74) is 14.7. The highest BCUT2D eigenvalue weighted by atomic mass is 16.6. The van der Waals surface area contributed by atoms with E-state index in [-0.39, 0.29) is 0 Å². The predicted molar refractivity (Wildman–Crippen MR) is 83.1 cm³/mol. The van der Waals surface area contributed by atoms with Gasteiger partial charge < -0.3 is 15.2 Å². The van der Waals surface area contributed by atoms with E-state index in [1.54, 1.807) is 45.0 Å². The molecule has 124 valence electrons. The Bertz CT molecular complexity index is 615. The van der Waals surface area contributed by atoms with Crippen LogP contribution in [-0.4, -0.2) is 24.6 Å². The molecular weight excluding hydrogens is 300 g/mol. The summed E-state index contributed by atoms with van der Waals surface area (Å²) in [5, 5.41) is 3.41. The molecule has 8 nitrogen and oxygen atoms in total. The molecule has 0 aliphatic rings. The van der Waals surface area contributed by atoms with E-state index in [2.05, 4.69) is 14.8 Å². The molecule has 0 aliphatic heterocycles. The number of carbonyl (C=O) groups excluding carboxylic acids is 2. The highest BCUT2D eigenvalue weighted by molar-refractivity contribution is 5.79. The molecule has 0 amide bonds. The molecule has 1 rings (SSSR count). The van der Waals surface area contributed by atoms with Crippen LogP contribution in [0.1, 0.15) is 44.0 Å². The van der Waals surface area contributed by atoms with E-state index >= 15 is 0 Å². The summed E-state index contributed by atoms with van der Waals surface area (Å²) in [6, 6.07) is 4.22. The first-order valence-electron chi connectivity index (χ1n) is 6.90. The maximum atomic E-state index is 11.9. The maximum Gasteiger partial charge on any atom is 0.328 e. The van der Waals surface area contributed by atoms with Gasteiger partial charge in [-0.1, -0.05) is 29.4 Å². The monoisotopic (exact) mass is 320 g/mol. The molecule has 0 spiro atoms. The number of benzene rings is 1. The summed E-state index contributed by atoms with van der Waals surface area (Å²) in [5.74, 6) is -1.23. The lowest BCUT2D eigenvalue weighted by Crippen LogP contribution is -2.31. The first kappa shape index (κ1) is 18.5. The highest BCUT2D eigenvalue weighted by Gasteiger charge is 2.24. The van der Waals surface area contributed by atoms with Gasteiger partial charge in [-0.25, -0.2) is 4.79 Å². The number of carbonyl (C=O) groups is 2. The number of rotatable bonds is 5. The van der Waals surface area contributed by atoms with Crippen LogP contribution in [0.5, 0.6) is 0 Å². The van der Waals surface area contributed by atoms with Gasteiger partial charge >= 0.3 is 11.9 Å². The molecule has 0 radical (unpaired) electrons. The van der Waals surface area contributed by atoms with Crippen molar-refractivity contribution in [2.45, 2.75) is 38.5 Å². The average Bonchev–Trinajstić information content (AvgIpc) is 2.49. The molecule has 2 atom stereocenters. The largest absolute Gasteiger partial charge is 0.468 e. The number of esters is 2. The van der Waals surface area contributed by atoms with Crippen LogP contribution < -0.4 is 5.73 Å². The van der Waals surface area contributed by atoms with Gasteiger partial charge in [0.2, 0.25) is 0 Å². The molecule has 0 saturated carbocycles. The zero-order chi connectivity index (χ0) is 17.6. The van der Waals surface area contributed by atoms with Gasteiger partial charge in [0.1, 0.15) is 11.6 Å². The van der Waals surface area contributed by atoms with E-state index in [0.717, 1.165) is 0 Å². The van der Waals surface area contributed by atoms with Crippen LogP contribution in [0.4, 0.5) is 0 Å². The van der Waals surface area contributed by atoms with Crippen molar-refractivity contribution in [1.29, 1.82) is 0 Å². The van der Waals surface area contributed by atoms with Crippen molar-refractivity contribution >= 4 is 11.9 Å². The normalized spacial score (nSPS) is 13.4. The molecule has 0 fully saturated rings. The van der Waals surface area contributed by atoms with Crippen molar-refractivity contribution < 1.29 is 19.1 Å². The first-order chi connectivity index (χ1) is 10.7. The molecule has 8 heteroatoms. The van der Waals surface area contributed by atoms with Crippen LogP contribution >= 0.6 is 0 Å². The summed E-state index contributed by atoms with van der Waals surface area (Å²) in [6.07, 6.45) is 0. The number of nitrogens with two attached hydrogens (primary N) is 1. The number of hydrogen-bond donors (Lipinski definition) is 1. The molecule has 2 N–H and O–H groups in total. The predicted octanol–water partition coefficient (Wildman–Crippen LogP) is 2.55. The standard InChI is InChI=1S/C15H20N4O4/c1-15(2,3)23-13(20)11(16)9-5-7-10(8-6-9)12(18-19-17)14(21)22-4/h5-8,11-12H,16H2,1-4H3. The molecule has 1 aromatic carbocycles. The third-order valence-corrected chi connectivity index (χ3v) is 2.86. The first-order valence-corrected chi connectivity index (χ1v) is 6.90. The summed E-state index contributed by atoms with van der Waals surface area (Å²) in [4.78, 5) is 26.2. The van der Waals surface area contributed by atoms with Crippen LogP contribution in [0.2, 0.25) is 0 Å². The molecule has 0 heterocycles. The summed E-state index contributed by atoms with van der Waals surface area (Å²) in [7, 11) is 1.20. The van der Waals surface area contributed by atoms with Crippen molar-refractivity contribution in [3.8, 4) is 0 Å². The number of nitrogens with zero attached hydrogens (tertiary/aromatic N) is 3. The Morgan fingerprint density at radius 1 is 1.17 bits per heavy atom. The van der Waals surface area contributed by atoms with Crippen molar-refractivity contribution in [2.75, 3.05) is 7.11 Å². The topological polar surface area (TPSA) is 127 Å². The second kappa shape index (κ2) is 7.62. The molecule has 2 unspecified atom stereocenters. The van der Waals surface area contributed by atoms with E-state index in [0.29, 0.717) is 11.1 Å². The Morgan fingerprint density at radius 3 is 2.13 bits per heavy atom. The number of ether oxygens (including phenoxy) is 2. The number of methoxy groups -OCH3 is 1. The lowest BCUT2D eigenvalue weighted by molar-refractivity contribution is -0.156. The van der Waals surface area contributed by atoms with Crippen molar-refractivity contribution in [2.24, 2.45) is 10.8 Å². The van der Waals surface area contributed by atoms with E-state index in [1.807, 2.05) is 0 Å². The van der Waals surface area contributed by atoms with Gasteiger partial charge in [0.25, 0.3) is 0 Å². The van der Waals surface area contributed by atoms with Crippen LogP contribution in [0.3, 0.4) is 0 Å². The maximum absolute atomic E-state index is 11.9. The Labute approximate surface area is 134 Å². The Kier molecular flexibility index (Phi) is 6.12. The van der Waals surface area contributed by atoms with Crippen LogP contribution in [0, 0.1) is 0 Å². The molecule has 0 bridgehead atoms. The zero-order valence-electron chi connectivity index (χ0n) is 13.5. The SMILES string of the molecule is COC(=O)C(N=[N+]=[N-])c1ccc(C(N)C(=O)OC(C)(C)C)cc1. The molecule has 0 aliphatic carbocycles. The third kappa shape index (κ3) is 5.28. The fourth-order valence-corrected chi connectivity index (χ4v) is 1.80. The van der Waals surface area contributed by atoms with Gasteiger partial charge in [-0.3, -0.25) is 4.79 Å². The molecule has 23 heavy (non-hydrogen) atoms. The fourth-order valence-electron chi connectivity index (χ4n) is 1.80. The molecule has 0 aromatic heterocycles. The lowest BCUT2D eigenvalue weighted by Gasteiger charge is -2.22. The minimum absolute atomic E-state index is 0.440. The van der Waals surface area contributed by atoms with E-state index in [9.17, 15) is 9.59 Å². The molecular formula is C15H20N4O4. The second-order valence-electron chi connectivity index (χ2n) is 5.81. The van der Waals surface area contributed by atoms with Crippen LogP contribution in [-0.2, 0) is 19.1 Å². The number of azide groups is 1. The van der Waals surface area contributed by atoms with Crippen molar-refractivity contribution in [1.82, 2.24) is 0 Å². The minimum atomic E-state index is -1.09. The summed E-state index contributed by atoms with van der Waals surface area (Å²) in [6.45, 7) is 5.25. The van der Waals surface area contributed by atoms with Gasteiger partial charge in [-0.2, -0.15) is 0 Å². The number of hydrogen-bond acceptors (Lipinski definition) is 6. The van der Waals surface area contributed by atoms with E-state index < -0.39 is 29.6 Å². The van der Waals surface area contributed by atoms with Crippen LogP contribution in [0.15, 0.2) is 29.4 Å². The highest BCUT2D eigenvalue weighted by Crippen LogP contribution is 2.22. The van der Waals surface area contributed by atoms with Crippen molar-refractivity contribution in [3.63, 3.8) is 0 Å². The lowest BCUT2D eigenvalue weighted by atomic mass is 10.0. The Balaban J connectivity index is 2.97. The van der Waals surface area contributed by atoms with E-state index in [1.165, 1.54) is 7.11 Å². The Morgan fingerprint density at radius 2 is 1.70 bits per heavy atom. The van der Waals surface area contributed by atoms with Gasteiger partial charge in [0.05, 0.1) is 7.11 Å². The minimum Gasteiger partial charge on any atom is -0.468 e. The fraction of sp³-hybridized carbons (Fsp3) is 0.467. The Hall–Kier alpha value is -2.57. The van der Waals surface area contributed by atoms with Gasteiger partial charge in [-0.15, -0.1) is 0 Å². The van der Waals surface area contributed by atoms with E-state index in [4.69, 9.17) is 16.0 Å². The summed E-state index contributed by atoms with van der Waals surface area (Å²) < 4.78 is 9.81. The van der Waals surface area contributed by atoms with Crippen molar-refractivity contribution in [3.05, 3.63) is 45.8 Å². The smallest absolute Gasteiger partial charge is 0.328 e. The molecule has 1 aromatic rings. The van der Waals surface area contributed by atoms with Gasteiger partial charge in [0.15, 0.2) is 6.04 Å². The molecule has 0 saturated heterocycles. The quantitative estimate of drug-likeness (QED) is 0.386. The average molecular weight is 320 g/mol. The van der Waals surface area contributed by atoms with Crippen LogP contribution in [0.25, 0.3) is 10.4 Å². The van der Waals surface area contributed by atoms with Gasteiger partial charge in [0, 0.05) is 4.91 Å². The third-order valence-electron chi connectivity index (χ3n) is 2.86. The summed E-state index contributed by atoms with van der Waals surface area (Å²) >= 11 is 0. The van der Waals surface area contributed by atoms with Gasteiger partial charge in [-0.05, 0) is 37.4 Å².